The Labute approximate surface area is 195 Å². The van der Waals surface area contributed by atoms with Crippen molar-refractivity contribution in [2.24, 2.45) is 0 Å². The van der Waals surface area contributed by atoms with Crippen molar-refractivity contribution in [3.8, 4) is 0 Å². The van der Waals surface area contributed by atoms with Crippen LogP contribution in [0.3, 0.4) is 0 Å². The Balaban J connectivity index is 1.31. The van der Waals surface area contributed by atoms with Gasteiger partial charge in [0.1, 0.15) is 0 Å². The summed E-state index contributed by atoms with van der Waals surface area (Å²) in [5.41, 5.74) is 1.41. The molecule has 1 saturated heterocycles. The number of ketones is 1. The van der Waals surface area contributed by atoms with Gasteiger partial charge in [-0.25, -0.2) is 0 Å². The molecular weight excluding hydrogens is 501 g/mol. The zero-order valence-electron chi connectivity index (χ0n) is 17.3. The number of hydrogen-bond donors (Lipinski definition) is 0. The lowest BCUT2D eigenvalue weighted by Gasteiger charge is -2.38. The normalized spacial score (nSPS) is 17.2. The number of fused-ring (bicyclic) bond motifs is 2. The monoisotopic (exact) mass is 518 g/mol. The first-order valence-electron chi connectivity index (χ1n) is 10.3. The molecule has 0 saturated carbocycles. The molecule has 3 aromatic rings. The first-order chi connectivity index (χ1) is 15.7. The van der Waals surface area contributed by atoms with E-state index in [0.717, 1.165) is 22.3 Å². The van der Waals surface area contributed by atoms with Crippen LogP contribution in [0.5, 0.6) is 0 Å². The molecule has 1 aromatic heterocycles. The molecule has 0 bridgehead atoms. The van der Waals surface area contributed by atoms with Crippen molar-refractivity contribution in [3.63, 3.8) is 0 Å². The summed E-state index contributed by atoms with van der Waals surface area (Å²) in [5, 5.41) is 0.665. The van der Waals surface area contributed by atoms with Crippen LogP contribution in [0.2, 0.25) is 0 Å². The molecule has 33 heavy (non-hydrogen) atoms. The largest absolute Gasteiger partial charge is 0.416 e. The molecule has 2 aromatic carbocycles. The van der Waals surface area contributed by atoms with Gasteiger partial charge in [-0.1, -0.05) is 22.0 Å². The van der Waals surface area contributed by atoms with Gasteiger partial charge in [0, 0.05) is 47.9 Å². The average molecular weight is 519 g/mol. The predicted molar refractivity (Wildman–Crippen MR) is 121 cm³/mol. The third-order valence-electron chi connectivity index (χ3n) is 6.04. The van der Waals surface area contributed by atoms with E-state index in [1.807, 2.05) is 6.07 Å². The van der Waals surface area contributed by atoms with Crippen molar-refractivity contribution in [1.82, 2.24) is 9.88 Å². The van der Waals surface area contributed by atoms with Gasteiger partial charge in [0.05, 0.1) is 29.0 Å². The molecule has 2 aliphatic rings. The molecule has 0 unspecified atom stereocenters. The number of aromatic nitrogens is 1. The van der Waals surface area contributed by atoms with Crippen LogP contribution in [-0.2, 0) is 11.0 Å². The van der Waals surface area contributed by atoms with Crippen LogP contribution >= 0.6 is 15.9 Å². The molecule has 6 nitrogen and oxygen atoms in total. The minimum Gasteiger partial charge on any atom is -0.368 e. The third-order valence-corrected chi connectivity index (χ3v) is 6.53. The molecule has 2 aliphatic heterocycles. The number of alkyl halides is 3. The number of benzene rings is 2. The summed E-state index contributed by atoms with van der Waals surface area (Å²) in [4.78, 5) is 34.6. The number of carbonyl (C=O) groups excluding carboxylic acids is 2. The standard InChI is InChI=1S/C23H18BrF3N4O2/c24-15-2-4-17-20(12-15)31(22(33)21(17)32)13-29-7-9-30(10-8-29)19-5-6-28-18-11-14(23(25,26)27)1-3-16(18)19/h1-6,11-12H,7-10,13H2. The van der Waals surface area contributed by atoms with Gasteiger partial charge < -0.3 is 4.90 Å². The zero-order valence-corrected chi connectivity index (χ0v) is 18.9. The lowest BCUT2D eigenvalue weighted by atomic mass is 10.1. The molecule has 1 amide bonds. The number of anilines is 2. The number of piperazine rings is 1. The first-order valence-corrected chi connectivity index (χ1v) is 11.1. The molecule has 1 fully saturated rings. The van der Waals surface area contributed by atoms with Crippen molar-refractivity contribution in [2.45, 2.75) is 6.18 Å². The van der Waals surface area contributed by atoms with Gasteiger partial charge in [-0.3, -0.25) is 24.4 Å². The summed E-state index contributed by atoms with van der Waals surface area (Å²) in [6.07, 6.45) is -2.90. The molecular formula is C23H18BrF3N4O2. The maximum Gasteiger partial charge on any atom is 0.416 e. The Morgan fingerprint density at radius 3 is 2.42 bits per heavy atom. The van der Waals surface area contributed by atoms with Crippen molar-refractivity contribution in [1.29, 1.82) is 0 Å². The Kier molecular flexibility index (Phi) is 5.37. The number of hydrogen-bond acceptors (Lipinski definition) is 5. The summed E-state index contributed by atoms with van der Waals surface area (Å²) < 4.78 is 39.9. The topological polar surface area (TPSA) is 56.8 Å². The number of halogens is 4. The summed E-state index contributed by atoms with van der Waals surface area (Å²) >= 11 is 3.39. The predicted octanol–water partition coefficient (Wildman–Crippen LogP) is 4.33. The van der Waals surface area contributed by atoms with Gasteiger partial charge in [-0.15, -0.1) is 0 Å². The lowest BCUT2D eigenvalue weighted by molar-refractivity contribution is -0.137. The molecule has 170 valence electrons. The zero-order chi connectivity index (χ0) is 23.3. The highest BCUT2D eigenvalue weighted by molar-refractivity contribution is 9.10. The van der Waals surface area contributed by atoms with Crippen LogP contribution in [0, 0.1) is 0 Å². The highest BCUT2D eigenvalue weighted by Crippen LogP contribution is 2.34. The van der Waals surface area contributed by atoms with Crippen LogP contribution < -0.4 is 9.80 Å². The Bertz CT molecular complexity index is 1270. The van der Waals surface area contributed by atoms with Crippen LogP contribution in [-0.4, -0.2) is 54.4 Å². The van der Waals surface area contributed by atoms with E-state index in [-0.39, 0.29) is 0 Å². The SMILES string of the molecule is O=C1C(=O)N(CN2CCN(c3ccnc4cc(C(F)(F)F)ccc34)CC2)c2cc(Br)ccc21. The second-order valence-electron chi connectivity index (χ2n) is 8.03. The van der Waals surface area contributed by atoms with E-state index >= 15 is 0 Å². The number of nitrogens with zero attached hydrogens (tertiary/aromatic N) is 4. The molecule has 10 heteroatoms. The van der Waals surface area contributed by atoms with Crippen molar-refractivity contribution in [3.05, 3.63) is 64.3 Å². The van der Waals surface area contributed by atoms with Gasteiger partial charge in [0.15, 0.2) is 0 Å². The summed E-state index contributed by atoms with van der Waals surface area (Å²) in [6.45, 7) is 2.81. The van der Waals surface area contributed by atoms with Crippen LogP contribution in [0.1, 0.15) is 15.9 Å². The summed E-state index contributed by atoms with van der Waals surface area (Å²) in [6, 6.07) is 10.6. The van der Waals surface area contributed by atoms with Crippen molar-refractivity contribution < 1.29 is 22.8 Å². The van der Waals surface area contributed by atoms with Crippen molar-refractivity contribution >= 4 is 49.9 Å². The minimum absolute atomic E-state index is 0.299. The fourth-order valence-electron chi connectivity index (χ4n) is 4.32. The van der Waals surface area contributed by atoms with E-state index in [1.54, 1.807) is 18.2 Å². The molecule has 5 rings (SSSR count). The number of Topliss-reactive ketones (excluding diaryl/α,β-unsaturated/α-hetero) is 1. The molecule has 0 radical (unpaired) electrons. The molecule has 0 aliphatic carbocycles. The van der Waals surface area contributed by atoms with E-state index in [9.17, 15) is 22.8 Å². The van der Waals surface area contributed by atoms with E-state index in [0.29, 0.717) is 55.0 Å². The van der Waals surface area contributed by atoms with Gasteiger partial charge in [-0.2, -0.15) is 13.2 Å². The number of carbonyl (C=O) groups is 2. The molecule has 3 heterocycles. The Morgan fingerprint density at radius 2 is 1.70 bits per heavy atom. The first kappa shape index (κ1) is 21.8. The van der Waals surface area contributed by atoms with E-state index in [1.165, 1.54) is 17.2 Å². The molecule has 0 atom stereocenters. The van der Waals surface area contributed by atoms with Gasteiger partial charge in [0.2, 0.25) is 0 Å². The van der Waals surface area contributed by atoms with Gasteiger partial charge >= 0.3 is 12.1 Å². The lowest BCUT2D eigenvalue weighted by Crippen LogP contribution is -2.51. The second-order valence-corrected chi connectivity index (χ2v) is 8.95. The van der Waals surface area contributed by atoms with E-state index in [4.69, 9.17) is 0 Å². The summed E-state index contributed by atoms with van der Waals surface area (Å²) in [5.74, 6) is -1.04. The maximum atomic E-state index is 13.1. The van der Waals surface area contributed by atoms with Crippen LogP contribution in [0.15, 0.2) is 53.1 Å². The van der Waals surface area contributed by atoms with Crippen LogP contribution in [0.4, 0.5) is 24.5 Å². The Morgan fingerprint density at radius 1 is 0.939 bits per heavy atom. The maximum absolute atomic E-state index is 13.1. The molecule has 0 N–H and O–H groups in total. The Hall–Kier alpha value is -2.98. The average Bonchev–Trinajstić information content (AvgIpc) is 3.02. The minimum atomic E-state index is -4.42. The number of amides is 1. The summed E-state index contributed by atoms with van der Waals surface area (Å²) in [7, 11) is 0. The fourth-order valence-corrected chi connectivity index (χ4v) is 4.67. The fraction of sp³-hybridized carbons (Fsp3) is 0.261. The van der Waals surface area contributed by atoms with E-state index < -0.39 is 23.4 Å². The third kappa shape index (κ3) is 3.97. The second kappa shape index (κ2) is 8.11. The smallest absolute Gasteiger partial charge is 0.368 e. The van der Waals surface area contributed by atoms with Crippen LogP contribution in [0.25, 0.3) is 10.9 Å². The van der Waals surface area contributed by atoms with Gasteiger partial charge in [0.25, 0.3) is 5.78 Å². The van der Waals surface area contributed by atoms with Gasteiger partial charge in [-0.05, 0) is 36.4 Å². The number of pyridine rings is 1. The molecule has 0 spiro atoms. The quantitative estimate of drug-likeness (QED) is 0.483. The highest BCUT2D eigenvalue weighted by Gasteiger charge is 2.37. The highest BCUT2D eigenvalue weighted by atomic mass is 79.9. The number of rotatable bonds is 3. The van der Waals surface area contributed by atoms with Crippen molar-refractivity contribution in [2.75, 3.05) is 42.6 Å². The van der Waals surface area contributed by atoms with E-state index in [2.05, 4.69) is 30.7 Å².